The molecule has 0 aromatic carbocycles. The van der Waals surface area contributed by atoms with Crippen LogP contribution in [0.1, 0.15) is 12.0 Å². The van der Waals surface area contributed by atoms with Gasteiger partial charge in [0, 0.05) is 12.7 Å². The summed E-state index contributed by atoms with van der Waals surface area (Å²) in [5, 5.41) is 3.30. The summed E-state index contributed by atoms with van der Waals surface area (Å²) in [6, 6.07) is 4.08. The molecule has 0 saturated carbocycles. The Morgan fingerprint density at radius 2 is 2.38 bits per heavy atom. The zero-order valence-electron chi connectivity index (χ0n) is 8.21. The quantitative estimate of drug-likeness (QED) is 0.733. The van der Waals surface area contributed by atoms with Crippen LogP contribution in [0.2, 0.25) is 0 Å². The van der Waals surface area contributed by atoms with Crippen molar-refractivity contribution in [1.29, 1.82) is 0 Å². The molecule has 0 saturated heterocycles. The van der Waals surface area contributed by atoms with Gasteiger partial charge in [0.1, 0.15) is 5.82 Å². The number of hydrogen-bond acceptors (Lipinski definition) is 3. The molecular formula is C10H16N2S. The molecule has 2 nitrogen and oxygen atoms in total. The van der Waals surface area contributed by atoms with Crippen LogP contribution >= 0.6 is 11.8 Å². The molecule has 72 valence electrons. The van der Waals surface area contributed by atoms with Crippen LogP contribution in [0, 0.1) is 6.92 Å². The normalized spacial score (nSPS) is 10.0. The second-order valence-corrected chi connectivity index (χ2v) is 3.98. The Morgan fingerprint density at radius 3 is 3.08 bits per heavy atom. The summed E-state index contributed by atoms with van der Waals surface area (Å²) in [4.78, 5) is 4.22. The number of nitrogens with one attached hydrogen (secondary N) is 1. The van der Waals surface area contributed by atoms with Gasteiger partial charge in [-0.1, -0.05) is 0 Å². The number of aryl methyl sites for hydroxylation is 1. The van der Waals surface area contributed by atoms with E-state index < -0.39 is 0 Å². The fourth-order valence-corrected chi connectivity index (χ4v) is 1.50. The third-order valence-electron chi connectivity index (χ3n) is 1.75. The average molecular weight is 196 g/mol. The number of hydrogen-bond donors (Lipinski definition) is 1. The molecule has 3 heteroatoms. The molecule has 0 amide bonds. The first kappa shape index (κ1) is 10.4. The fourth-order valence-electron chi connectivity index (χ4n) is 1.07. The minimum absolute atomic E-state index is 0.987. The predicted molar refractivity (Wildman–Crippen MR) is 60.5 cm³/mol. The van der Waals surface area contributed by atoms with Crippen molar-refractivity contribution in [2.75, 3.05) is 23.9 Å². The monoisotopic (exact) mass is 196 g/mol. The van der Waals surface area contributed by atoms with Gasteiger partial charge in [0.2, 0.25) is 0 Å². The van der Waals surface area contributed by atoms with Gasteiger partial charge in [-0.25, -0.2) is 4.98 Å². The van der Waals surface area contributed by atoms with Crippen LogP contribution in [0.5, 0.6) is 0 Å². The van der Waals surface area contributed by atoms with E-state index in [-0.39, 0.29) is 0 Å². The first-order valence-electron chi connectivity index (χ1n) is 4.48. The predicted octanol–water partition coefficient (Wildman–Crippen LogP) is 2.56. The molecule has 1 N–H and O–H groups in total. The maximum absolute atomic E-state index is 4.22. The zero-order valence-corrected chi connectivity index (χ0v) is 9.03. The summed E-state index contributed by atoms with van der Waals surface area (Å²) in [5.74, 6) is 2.19. The van der Waals surface area contributed by atoms with Gasteiger partial charge < -0.3 is 5.32 Å². The number of anilines is 1. The Morgan fingerprint density at radius 1 is 1.54 bits per heavy atom. The fraction of sp³-hybridized carbons (Fsp3) is 0.500. The van der Waals surface area contributed by atoms with E-state index in [0.717, 1.165) is 12.4 Å². The molecule has 1 aromatic heterocycles. The highest BCUT2D eigenvalue weighted by Crippen LogP contribution is 2.05. The third-order valence-corrected chi connectivity index (χ3v) is 2.44. The van der Waals surface area contributed by atoms with E-state index in [9.17, 15) is 0 Å². The van der Waals surface area contributed by atoms with Crippen LogP contribution in [0.3, 0.4) is 0 Å². The lowest BCUT2D eigenvalue weighted by Gasteiger charge is -2.04. The average Bonchev–Trinajstić information content (AvgIpc) is 2.13. The molecule has 0 aliphatic rings. The van der Waals surface area contributed by atoms with Crippen LogP contribution in [-0.4, -0.2) is 23.5 Å². The molecular weight excluding hydrogens is 180 g/mol. The van der Waals surface area contributed by atoms with Crippen molar-refractivity contribution in [1.82, 2.24) is 4.98 Å². The minimum Gasteiger partial charge on any atom is -0.370 e. The molecule has 0 unspecified atom stereocenters. The van der Waals surface area contributed by atoms with Crippen molar-refractivity contribution in [2.24, 2.45) is 0 Å². The zero-order chi connectivity index (χ0) is 9.52. The Bertz CT molecular complexity index is 250. The lowest BCUT2D eigenvalue weighted by molar-refractivity contribution is 0.981. The van der Waals surface area contributed by atoms with Crippen LogP contribution in [-0.2, 0) is 0 Å². The second kappa shape index (κ2) is 5.86. The lowest BCUT2D eigenvalue weighted by Crippen LogP contribution is -2.03. The van der Waals surface area contributed by atoms with E-state index >= 15 is 0 Å². The maximum atomic E-state index is 4.22. The van der Waals surface area contributed by atoms with Crippen LogP contribution in [0.15, 0.2) is 18.3 Å². The molecule has 0 radical (unpaired) electrons. The molecule has 0 aliphatic heterocycles. The highest BCUT2D eigenvalue weighted by Gasteiger charge is 1.92. The third kappa shape index (κ3) is 4.18. The highest BCUT2D eigenvalue weighted by molar-refractivity contribution is 7.98. The smallest absolute Gasteiger partial charge is 0.126 e. The van der Waals surface area contributed by atoms with Crippen molar-refractivity contribution in [3.05, 3.63) is 23.9 Å². The van der Waals surface area contributed by atoms with Gasteiger partial charge in [-0.2, -0.15) is 11.8 Å². The molecule has 1 rings (SSSR count). The molecule has 0 spiro atoms. The molecule has 0 fully saturated rings. The molecule has 1 heterocycles. The van der Waals surface area contributed by atoms with Crippen LogP contribution < -0.4 is 5.32 Å². The molecule has 13 heavy (non-hydrogen) atoms. The Hall–Kier alpha value is -0.700. The van der Waals surface area contributed by atoms with E-state index in [1.165, 1.54) is 17.7 Å². The van der Waals surface area contributed by atoms with Crippen LogP contribution in [0.25, 0.3) is 0 Å². The maximum Gasteiger partial charge on any atom is 0.126 e. The molecule has 1 aromatic rings. The Kier molecular flexibility index (Phi) is 4.68. The van der Waals surface area contributed by atoms with Crippen molar-refractivity contribution in [3.63, 3.8) is 0 Å². The highest BCUT2D eigenvalue weighted by atomic mass is 32.2. The van der Waals surface area contributed by atoms with E-state index in [2.05, 4.69) is 29.5 Å². The topological polar surface area (TPSA) is 24.9 Å². The summed E-state index contributed by atoms with van der Waals surface area (Å²) < 4.78 is 0. The van der Waals surface area contributed by atoms with Gasteiger partial charge in [-0.15, -0.1) is 0 Å². The van der Waals surface area contributed by atoms with Gasteiger partial charge in [-0.3, -0.25) is 0 Å². The Balaban J connectivity index is 2.28. The van der Waals surface area contributed by atoms with Crippen LogP contribution in [0.4, 0.5) is 5.82 Å². The van der Waals surface area contributed by atoms with E-state index in [4.69, 9.17) is 0 Å². The SMILES string of the molecule is CSCCCNc1cc(C)ccn1. The van der Waals surface area contributed by atoms with Gasteiger partial charge in [-0.05, 0) is 43.0 Å². The summed E-state index contributed by atoms with van der Waals surface area (Å²) in [7, 11) is 0. The summed E-state index contributed by atoms with van der Waals surface area (Å²) in [5.41, 5.74) is 1.25. The second-order valence-electron chi connectivity index (χ2n) is 2.99. The van der Waals surface area contributed by atoms with E-state index in [0.29, 0.717) is 0 Å². The van der Waals surface area contributed by atoms with Crippen molar-refractivity contribution < 1.29 is 0 Å². The van der Waals surface area contributed by atoms with Gasteiger partial charge in [0.15, 0.2) is 0 Å². The summed E-state index contributed by atoms with van der Waals surface area (Å²) in [6.45, 7) is 3.09. The number of rotatable bonds is 5. The number of aromatic nitrogens is 1. The van der Waals surface area contributed by atoms with Crippen molar-refractivity contribution in [2.45, 2.75) is 13.3 Å². The first-order valence-corrected chi connectivity index (χ1v) is 5.88. The molecule has 0 atom stereocenters. The van der Waals surface area contributed by atoms with E-state index in [1.807, 2.05) is 24.0 Å². The lowest BCUT2D eigenvalue weighted by atomic mass is 10.3. The number of thioether (sulfide) groups is 1. The van der Waals surface area contributed by atoms with Gasteiger partial charge in [0.25, 0.3) is 0 Å². The Labute approximate surface area is 84.1 Å². The largest absolute Gasteiger partial charge is 0.370 e. The number of nitrogens with zero attached hydrogens (tertiary/aromatic N) is 1. The van der Waals surface area contributed by atoms with Gasteiger partial charge in [0.05, 0.1) is 0 Å². The molecule has 0 bridgehead atoms. The minimum atomic E-state index is 0.987. The van der Waals surface area contributed by atoms with Gasteiger partial charge >= 0.3 is 0 Å². The van der Waals surface area contributed by atoms with Crippen molar-refractivity contribution in [3.8, 4) is 0 Å². The first-order chi connectivity index (χ1) is 6.33. The van der Waals surface area contributed by atoms with Crippen molar-refractivity contribution >= 4 is 17.6 Å². The van der Waals surface area contributed by atoms with E-state index in [1.54, 1.807) is 0 Å². The standard InChI is InChI=1S/C10H16N2S/c1-9-4-6-12-10(8-9)11-5-3-7-13-2/h4,6,8H,3,5,7H2,1-2H3,(H,11,12). The summed E-state index contributed by atoms with van der Waals surface area (Å²) >= 11 is 1.88. The summed E-state index contributed by atoms with van der Waals surface area (Å²) in [6.07, 6.45) is 5.16. The number of pyridine rings is 1. The molecule has 0 aliphatic carbocycles.